The first kappa shape index (κ1) is 13.2. The number of aryl methyl sites for hydroxylation is 1. The molecule has 2 N–H and O–H groups in total. The van der Waals surface area contributed by atoms with Crippen LogP contribution < -0.4 is 5.32 Å². The molecular weight excluding hydrogens is 218 g/mol. The fraction of sp³-hybridized carbons (Fsp3) is 0.385. The minimum absolute atomic E-state index is 0.235. The average Bonchev–Trinajstić information content (AvgIpc) is 2.26. The smallest absolute Gasteiger partial charge is 0.330 e. The summed E-state index contributed by atoms with van der Waals surface area (Å²) in [6.45, 7) is 3.76. The molecule has 1 aromatic carbocycles. The minimum atomic E-state index is -1.04. The van der Waals surface area contributed by atoms with Crippen molar-refractivity contribution in [3.05, 3.63) is 35.4 Å². The van der Waals surface area contributed by atoms with E-state index in [-0.39, 0.29) is 5.91 Å². The lowest BCUT2D eigenvalue weighted by Crippen LogP contribution is -2.33. The third-order valence-electron chi connectivity index (χ3n) is 2.40. The van der Waals surface area contributed by atoms with Gasteiger partial charge in [0.05, 0.1) is 0 Å². The summed E-state index contributed by atoms with van der Waals surface area (Å²) < 4.78 is 0. The Bertz CT molecular complexity index is 415. The Hall–Kier alpha value is -1.84. The molecule has 1 amide bonds. The highest BCUT2D eigenvalue weighted by Crippen LogP contribution is 2.15. The molecule has 1 atom stereocenters. The Balaban J connectivity index is 2.86. The molecule has 0 aromatic heterocycles. The van der Waals surface area contributed by atoms with E-state index in [0.29, 0.717) is 18.4 Å². The quantitative estimate of drug-likeness (QED) is 0.820. The summed E-state index contributed by atoms with van der Waals surface area (Å²) in [4.78, 5) is 22.6. The Morgan fingerprint density at radius 3 is 2.65 bits per heavy atom. The van der Waals surface area contributed by atoms with E-state index in [9.17, 15) is 9.59 Å². The second-order valence-corrected chi connectivity index (χ2v) is 4.00. The fourth-order valence-corrected chi connectivity index (χ4v) is 1.60. The van der Waals surface area contributed by atoms with Gasteiger partial charge in [-0.2, -0.15) is 0 Å². The first-order valence-electron chi connectivity index (χ1n) is 5.63. The second-order valence-electron chi connectivity index (χ2n) is 4.00. The van der Waals surface area contributed by atoms with Gasteiger partial charge in [-0.3, -0.25) is 4.79 Å². The first-order chi connectivity index (χ1) is 8.04. The topological polar surface area (TPSA) is 66.4 Å². The third-order valence-corrected chi connectivity index (χ3v) is 2.40. The molecular formula is C13H17NO3. The van der Waals surface area contributed by atoms with Gasteiger partial charge in [-0.1, -0.05) is 36.8 Å². The van der Waals surface area contributed by atoms with Gasteiger partial charge >= 0.3 is 5.97 Å². The Morgan fingerprint density at radius 1 is 1.41 bits per heavy atom. The molecule has 0 radical (unpaired) electrons. The van der Waals surface area contributed by atoms with Crippen molar-refractivity contribution in [3.8, 4) is 0 Å². The number of nitrogens with one attached hydrogen (secondary N) is 1. The fourth-order valence-electron chi connectivity index (χ4n) is 1.60. The number of aliphatic carboxylic acids is 1. The number of carboxylic acids is 1. The van der Waals surface area contributed by atoms with Crippen molar-refractivity contribution < 1.29 is 14.7 Å². The van der Waals surface area contributed by atoms with E-state index in [4.69, 9.17) is 5.11 Å². The zero-order valence-electron chi connectivity index (χ0n) is 10.1. The van der Waals surface area contributed by atoms with Crippen LogP contribution in [0.3, 0.4) is 0 Å². The average molecular weight is 235 g/mol. The molecule has 0 aliphatic heterocycles. The molecule has 0 fully saturated rings. The molecule has 17 heavy (non-hydrogen) atoms. The van der Waals surface area contributed by atoms with Crippen molar-refractivity contribution in [2.45, 2.75) is 32.7 Å². The molecule has 0 heterocycles. The van der Waals surface area contributed by atoms with E-state index in [0.717, 1.165) is 5.56 Å². The minimum Gasteiger partial charge on any atom is -0.479 e. The monoisotopic (exact) mass is 235 g/mol. The van der Waals surface area contributed by atoms with Crippen molar-refractivity contribution >= 4 is 11.9 Å². The second kappa shape index (κ2) is 6.03. The van der Waals surface area contributed by atoms with Gasteiger partial charge in [-0.05, 0) is 18.9 Å². The molecule has 1 unspecified atom stereocenters. The van der Waals surface area contributed by atoms with Gasteiger partial charge in [0.2, 0.25) is 5.91 Å². The van der Waals surface area contributed by atoms with E-state index in [1.165, 1.54) is 0 Å². The number of carboxylic acid groups (broad SMARTS) is 1. The molecule has 0 saturated carbocycles. The molecule has 0 aliphatic carbocycles. The molecule has 4 nitrogen and oxygen atoms in total. The van der Waals surface area contributed by atoms with Gasteiger partial charge in [0, 0.05) is 6.42 Å². The van der Waals surface area contributed by atoms with Crippen LogP contribution in [0.1, 0.15) is 36.9 Å². The predicted molar refractivity (Wildman–Crippen MR) is 64.6 cm³/mol. The number of carbonyl (C=O) groups is 2. The van der Waals surface area contributed by atoms with E-state index in [2.05, 4.69) is 5.32 Å². The zero-order chi connectivity index (χ0) is 12.8. The van der Waals surface area contributed by atoms with Gasteiger partial charge in [-0.15, -0.1) is 0 Å². The maximum absolute atomic E-state index is 11.4. The molecule has 92 valence electrons. The van der Waals surface area contributed by atoms with Crippen LogP contribution in [0.25, 0.3) is 0 Å². The van der Waals surface area contributed by atoms with Crippen LogP contribution >= 0.6 is 0 Å². The maximum atomic E-state index is 11.4. The van der Waals surface area contributed by atoms with Gasteiger partial charge in [0.25, 0.3) is 0 Å². The van der Waals surface area contributed by atoms with Crippen molar-refractivity contribution in [3.63, 3.8) is 0 Å². The molecule has 0 spiro atoms. The van der Waals surface area contributed by atoms with Crippen LogP contribution in [-0.4, -0.2) is 17.0 Å². The van der Waals surface area contributed by atoms with Gasteiger partial charge in [-0.25, -0.2) is 4.79 Å². The highest BCUT2D eigenvalue weighted by atomic mass is 16.4. The highest BCUT2D eigenvalue weighted by molar-refractivity contribution is 5.84. The standard InChI is InChI=1S/C13H17NO3/c1-3-5-11(15)14-12(13(16)17)10-7-4-6-9(2)8-10/h4,6-8,12H,3,5H2,1-2H3,(H,14,15)(H,16,17). The lowest BCUT2D eigenvalue weighted by molar-refractivity contribution is -0.142. The van der Waals surface area contributed by atoms with Crippen molar-refractivity contribution in [1.29, 1.82) is 0 Å². The van der Waals surface area contributed by atoms with Crippen LogP contribution in [0.5, 0.6) is 0 Å². The summed E-state index contributed by atoms with van der Waals surface area (Å²) in [5.41, 5.74) is 1.57. The van der Waals surface area contributed by atoms with Crippen molar-refractivity contribution in [2.24, 2.45) is 0 Å². The first-order valence-corrected chi connectivity index (χ1v) is 5.63. The van der Waals surface area contributed by atoms with Crippen LogP contribution in [0.4, 0.5) is 0 Å². The molecule has 0 saturated heterocycles. The third kappa shape index (κ3) is 3.90. The van der Waals surface area contributed by atoms with Crippen molar-refractivity contribution in [2.75, 3.05) is 0 Å². The van der Waals surface area contributed by atoms with Crippen molar-refractivity contribution in [1.82, 2.24) is 5.32 Å². The highest BCUT2D eigenvalue weighted by Gasteiger charge is 2.21. The number of benzene rings is 1. The van der Waals surface area contributed by atoms with Gasteiger partial charge < -0.3 is 10.4 Å². The Kier molecular flexibility index (Phi) is 4.69. The Labute approximate surface area is 101 Å². The summed E-state index contributed by atoms with van der Waals surface area (Å²) in [7, 11) is 0. The number of carbonyl (C=O) groups excluding carboxylic acids is 1. The van der Waals surface area contributed by atoms with Gasteiger partial charge in [0.15, 0.2) is 6.04 Å². The number of hydrogen-bond acceptors (Lipinski definition) is 2. The molecule has 1 rings (SSSR count). The summed E-state index contributed by atoms with van der Waals surface area (Å²) >= 11 is 0. The summed E-state index contributed by atoms with van der Waals surface area (Å²) in [5.74, 6) is -1.28. The van der Waals surface area contributed by atoms with E-state index in [1.807, 2.05) is 19.9 Å². The lowest BCUT2D eigenvalue weighted by atomic mass is 10.0. The van der Waals surface area contributed by atoms with E-state index >= 15 is 0 Å². The largest absolute Gasteiger partial charge is 0.479 e. The normalized spacial score (nSPS) is 11.9. The van der Waals surface area contributed by atoms with Gasteiger partial charge in [0.1, 0.15) is 0 Å². The number of rotatable bonds is 5. The van der Waals surface area contributed by atoms with Crippen LogP contribution in [-0.2, 0) is 9.59 Å². The van der Waals surface area contributed by atoms with Crippen LogP contribution in [0.15, 0.2) is 24.3 Å². The summed E-state index contributed by atoms with van der Waals surface area (Å²) in [5, 5.41) is 11.6. The predicted octanol–water partition coefficient (Wildman–Crippen LogP) is 2.04. The van der Waals surface area contributed by atoms with E-state index in [1.54, 1.807) is 18.2 Å². The van der Waals surface area contributed by atoms with E-state index < -0.39 is 12.0 Å². The zero-order valence-corrected chi connectivity index (χ0v) is 10.1. The SMILES string of the molecule is CCCC(=O)NC(C(=O)O)c1cccc(C)c1. The lowest BCUT2D eigenvalue weighted by Gasteiger charge is -2.15. The Morgan fingerprint density at radius 2 is 2.12 bits per heavy atom. The molecule has 0 aliphatic rings. The van der Waals surface area contributed by atoms with Crippen LogP contribution in [0, 0.1) is 6.92 Å². The number of amides is 1. The molecule has 0 bridgehead atoms. The maximum Gasteiger partial charge on any atom is 0.330 e. The molecule has 4 heteroatoms. The number of hydrogen-bond donors (Lipinski definition) is 2. The summed E-state index contributed by atoms with van der Waals surface area (Å²) in [6, 6.07) is 6.18. The van der Waals surface area contributed by atoms with Crippen LogP contribution in [0.2, 0.25) is 0 Å². The molecule has 1 aromatic rings. The summed E-state index contributed by atoms with van der Waals surface area (Å²) in [6.07, 6.45) is 1.04.